The predicted molar refractivity (Wildman–Crippen MR) is 74.4 cm³/mol. The first kappa shape index (κ1) is 13.3. The van der Waals surface area contributed by atoms with Gasteiger partial charge in [-0.3, -0.25) is 9.59 Å². The van der Waals surface area contributed by atoms with Crippen molar-refractivity contribution in [3.63, 3.8) is 0 Å². The highest BCUT2D eigenvalue weighted by Crippen LogP contribution is 2.16. The number of nitrogens with zero attached hydrogens (tertiary/aromatic N) is 1. The number of carboxylic acids is 1. The van der Waals surface area contributed by atoms with E-state index in [2.05, 4.69) is 0 Å². The van der Waals surface area contributed by atoms with Crippen LogP contribution in [0.25, 0.3) is 10.9 Å². The van der Waals surface area contributed by atoms with Crippen molar-refractivity contribution >= 4 is 16.9 Å². The minimum Gasteiger partial charge on any atom is -0.481 e. The lowest BCUT2D eigenvalue weighted by Crippen LogP contribution is -2.24. The molecule has 19 heavy (non-hydrogen) atoms. The summed E-state index contributed by atoms with van der Waals surface area (Å²) in [6.07, 6.45) is 0.256. The van der Waals surface area contributed by atoms with Crippen molar-refractivity contribution in [2.75, 3.05) is 0 Å². The number of rotatable bonds is 3. The molecule has 0 amide bonds. The molecule has 1 unspecified atom stereocenters. The second-order valence-corrected chi connectivity index (χ2v) is 5.04. The number of fused-ring (bicyclic) bond motifs is 1. The number of aryl methyl sites for hydroxylation is 2. The summed E-state index contributed by atoms with van der Waals surface area (Å²) >= 11 is 0. The Morgan fingerprint density at radius 3 is 2.68 bits per heavy atom. The van der Waals surface area contributed by atoms with E-state index in [1.165, 1.54) is 0 Å². The summed E-state index contributed by atoms with van der Waals surface area (Å²) in [5.74, 6) is -1.44. The molecule has 0 spiro atoms. The molecule has 0 saturated carbocycles. The fourth-order valence-electron chi connectivity index (χ4n) is 2.23. The van der Waals surface area contributed by atoms with Crippen molar-refractivity contribution < 1.29 is 9.90 Å². The third kappa shape index (κ3) is 2.52. The van der Waals surface area contributed by atoms with Crippen LogP contribution in [-0.4, -0.2) is 15.6 Å². The van der Waals surface area contributed by atoms with E-state index in [0.29, 0.717) is 5.56 Å². The summed E-state index contributed by atoms with van der Waals surface area (Å²) in [5, 5.41) is 9.92. The van der Waals surface area contributed by atoms with Crippen molar-refractivity contribution in [2.24, 2.45) is 13.0 Å². The fourth-order valence-corrected chi connectivity index (χ4v) is 2.23. The number of aromatic nitrogens is 1. The smallest absolute Gasteiger partial charge is 0.306 e. The molecule has 2 rings (SSSR count). The van der Waals surface area contributed by atoms with Crippen LogP contribution in [0.1, 0.15) is 18.1 Å². The molecule has 1 atom stereocenters. The SMILES string of the molecule is Cc1ccc2c(c1)cc(CC(C)C(=O)O)c(=O)n2C. The summed E-state index contributed by atoms with van der Waals surface area (Å²) in [6, 6.07) is 7.69. The molecule has 100 valence electrons. The minimum absolute atomic E-state index is 0.121. The Morgan fingerprint density at radius 2 is 2.05 bits per heavy atom. The lowest BCUT2D eigenvalue weighted by Gasteiger charge is -2.11. The summed E-state index contributed by atoms with van der Waals surface area (Å²) in [5.41, 5.74) is 2.41. The minimum atomic E-state index is -0.883. The van der Waals surface area contributed by atoms with Gasteiger partial charge in [-0.1, -0.05) is 18.6 Å². The summed E-state index contributed by atoms with van der Waals surface area (Å²) in [4.78, 5) is 23.1. The third-order valence-corrected chi connectivity index (χ3v) is 3.40. The fraction of sp³-hybridized carbons (Fsp3) is 0.333. The van der Waals surface area contributed by atoms with E-state index < -0.39 is 11.9 Å². The van der Waals surface area contributed by atoms with Gasteiger partial charge in [0.05, 0.1) is 11.4 Å². The lowest BCUT2D eigenvalue weighted by atomic mass is 10.0. The van der Waals surface area contributed by atoms with E-state index in [1.54, 1.807) is 18.5 Å². The Hall–Kier alpha value is -2.10. The van der Waals surface area contributed by atoms with E-state index in [9.17, 15) is 9.59 Å². The molecule has 1 aromatic heterocycles. The van der Waals surface area contributed by atoms with Crippen LogP contribution in [0.3, 0.4) is 0 Å². The maximum absolute atomic E-state index is 12.2. The molecular weight excluding hydrogens is 242 g/mol. The van der Waals surface area contributed by atoms with Gasteiger partial charge in [0, 0.05) is 12.6 Å². The molecule has 0 fully saturated rings. The molecule has 1 aromatic carbocycles. The highest BCUT2D eigenvalue weighted by molar-refractivity contribution is 5.80. The molecule has 0 bridgehead atoms. The molecule has 0 aliphatic rings. The maximum atomic E-state index is 12.2. The molecule has 1 N–H and O–H groups in total. The summed E-state index contributed by atoms with van der Waals surface area (Å²) < 4.78 is 1.58. The van der Waals surface area contributed by atoms with E-state index >= 15 is 0 Å². The summed E-state index contributed by atoms with van der Waals surface area (Å²) in [6.45, 7) is 3.60. The number of pyridine rings is 1. The molecule has 0 aliphatic heterocycles. The molecule has 0 aliphatic carbocycles. The zero-order valence-corrected chi connectivity index (χ0v) is 11.3. The van der Waals surface area contributed by atoms with Gasteiger partial charge < -0.3 is 9.67 Å². The topological polar surface area (TPSA) is 59.3 Å². The van der Waals surface area contributed by atoms with E-state index in [0.717, 1.165) is 16.5 Å². The van der Waals surface area contributed by atoms with Gasteiger partial charge in [-0.05, 0) is 36.9 Å². The van der Waals surface area contributed by atoms with Crippen LogP contribution in [0.5, 0.6) is 0 Å². The largest absolute Gasteiger partial charge is 0.481 e. The van der Waals surface area contributed by atoms with E-state index in [1.807, 2.05) is 31.2 Å². The van der Waals surface area contributed by atoms with Crippen molar-refractivity contribution in [2.45, 2.75) is 20.3 Å². The van der Waals surface area contributed by atoms with Crippen LogP contribution in [0, 0.1) is 12.8 Å². The van der Waals surface area contributed by atoms with Gasteiger partial charge in [-0.25, -0.2) is 0 Å². The van der Waals surface area contributed by atoms with Gasteiger partial charge in [-0.15, -0.1) is 0 Å². The highest BCUT2D eigenvalue weighted by atomic mass is 16.4. The van der Waals surface area contributed by atoms with Crippen LogP contribution in [0.2, 0.25) is 0 Å². The first-order chi connectivity index (χ1) is 8.90. The number of hydrogen-bond donors (Lipinski definition) is 1. The zero-order valence-electron chi connectivity index (χ0n) is 11.3. The van der Waals surface area contributed by atoms with Crippen molar-refractivity contribution in [1.82, 2.24) is 4.57 Å². The monoisotopic (exact) mass is 259 g/mol. The lowest BCUT2D eigenvalue weighted by molar-refractivity contribution is -0.141. The molecular formula is C15H17NO3. The average molecular weight is 259 g/mol. The first-order valence-corrected chi connectivity index (χ1v) is 6.22. The van der Waals surface area contributed by atoms with E-state index in [-0.39, 0.29) is 12.0 Å². The second-order valence-electron chi connectivity index (χ2n) is 5.04. The van der Waals surface area contributed by atoms with Crippen LogP contribution >= 0.6 is 0 Å². The number of carbonyl (C=O) groups is 1. The Labute approximate surface area is 111 Å². The number of carboxylic acid groups (broad SMARTS) is 1. The third-order valence-electron chi connectivity index (χ3n) is 3.40. The van der Waals surface area contributed by atoms with Crippen molar-refractivity contribution in [1.29, 1.82) is 0 Å². The molecule has 0 radical (unpaired) electrons. The molecule has 2 aromatic rings. The van der Waals surface area contributed by atoms with Gasteiger partial charge in [0.15, 0.2) is 0 Å². The zero-order chi connectivity index (χ0) is 14.2. The quantitative estimate of drug-likeness (QED) is 0.918. The number of hydrogen-bond acceptors (Lipinski definition) is 2. The van der Waals surface area contributed by atoms with Crippen LogP contribution in [-0.2, 0) is 18.3 Å². The van der Waals surface area contributed by atoms with Gasteiger partial charge in [-0.2, -0.15) is 0 Å². The number of benzene rings is 1. The Bertz CT molecular complexity index is 700. The van der Waals surface area contributed by atoms with E-state index in [4.69, 9.17) is 5.11 Å². The van der Waals surface area contributed by atoms with Crippen LogP contribution in [0.4, 0.5) is 0 Å². The second kappa shape index (κ2) is 4.88. The molecule has 4 nitrogen and oxygen atoms in total. The van der Waals surface area contributed by atoms with Crippen molar-refractivity contribution in [3.05, 3.63) is 45.7 Å². The Morgan fingerprint density at radius 1 is 1.37 bits per heavy atom. The van der Waals surface area contributed by atoms with Gasteiger partial charge in [0.1, 0.15) is 0 Å². The number of aliphatic carboxylic acids is 1. The van der Waals surface area contributed by atoms with Crippen LogP contribution < -0.4 is 5.56 Å². The highest BCUT2D eigenvalue weighted by Gasteiger charge is 2.15. The normalized spacial score (nSPS) is 12.6. The van der Waals surface area contributed by atoms with Gasteiger partial charge in [0.2, 0.25) is 0 Å². The summed E-state index contributed by atoms with van der Waals surface area (Å²) in [7, 11) is 1.72. The molecule has 0 saturated heterocycles. The molecule has 1 heterocycles. The van der Waals surface area contributed by atoms with Crippen LogP contribution in [0.15, 0.2) is 29.1 Å². The predicted octanol–water partition coefficient (Wildman–Crippen LogP) is 2.11. The molecule has 4 heteroatoms. The Balaban J connectivity index is 2.59. The van der Waals surface area contributed by atoms with Gasteiger partial charge in [0.25, 0.3) is 5.56 Å². The standard InChI is InChI=1S/C15H17NO3/c1-9-4-5-13-11(6-9)8-12(14(17)16(13)3)7-10(2)15(18)19/h4-6,8,10H,7H2,1-3H3,(H,18,19). The maximum Gasteiger partial charge on any atom is 0.306 e. The average Bonchev–Trinajstić information content (AvgIpc) is 2.35. The van der Waals surface area contributed by atoms with Gasteiger partial charge >= 0.3 is 5.97 Å². The Kier molecular flexibility index (Phi) is 3.42. The van der Waals surface area contributed by atoms with Crippen molar-refractivity contribution in [3.8, 4) is 0 Å². The first-order valence-electron chi connectivity index (χ1n) is 6.22.